The summed E-state index contributed by atoms with van der Waals surface area (Å²) < 4.78 is 43.9. The molecule has 0 saturated carbocycles. The molecule has 0 N–H and O–H groups in total. The molecule has 2 aliphatic rings. The molecule has 1 unspecified atom stereocenters. The lowest BCUT2D eigenvalue weighted by Gasteiger charge is -2.41. The van der Waals surface area contributed by atoms with E-state index in [1.165, 1.54) is 24.0 Å². The first kappa shape index (κ1) is 24.2. The monoisotopic (exact) mass is 499 g/mol. The fourth-order valence-corrected chi connectivity index (χ4v) is 4.98. The number of nitrogens with zero attached hydrogens (tertiary/aromatic N) is 7. The number of amides is 1. The summed E-state index contributed by atoms with van der Waals surface area (Å²) in [5, 5.41) is 4.26. The number of anilines is 1. The van der Waals surface area contributed by atoms with Crippen molar-refractivity contribution in [2.75, 3.05) is 37.6 Å². The topological polar surface area (TPSA) is 70.4 Å². The number of carbonyl (C=O) groups is 1. The molecule has 1 aromatic carbocycles. The van der Waals surface area contributed by atoms with Gasteiger partial charge in [-0.3, -0.25) is 14.4 Å². The van der Waals surface area contributed by atoms with Gasteiger partial charge < -0.3 is 9.80 Å². The van der Waals surface area contributed by atoms with Gasteiger partial charge in [0, 0.05) is 64.9 Å². The molecule has 1 fully saturated rings. The second kappa shape index (κ2) is 9.53. The van der Waals surface area contributed by atoms with Crippen LogP contribution >= 0.6 is 0 Å². The molecule has 8 nitrogen and oxygen atoms in total. The maximum Gasteiger partial charge on any atom is 0.408 e. The number of hydrogen-bond donors (Lipinski definition) is 0. The van der Waals surface area contributed by atoms with Crippen LogP contribution in [0.15, 0.2) is 42.7 Å². The molecule has 0 spiro atoms. The number of fused-ring (bicyclic) bond motifs is 1. The number of carbonyl (C=O) groups excluding carboxylic acids is 1. The van der Waals surface area contributed by atoms with E-state index in [0.29, 0.717) is 44.1 Å². The van der Waals surface area contributed by atoms with E-state index in [1.54, 1.807) is 34.0 Å². The zero-order valence-corrected chi connectivity index (χ0v) is 20.2. The Balaban J connectivity index is 1.43. The van der Waals surface area contributed by atoms with E-state index in [9.17, 15) is 18.0 Å². The average Bonchev–Trinajstić information content (AvgIpc) is 3.29. The van der Waals surface area contributed by atoms with E-state index in [4.69, 9.17) is 9.97 Å². The molecule has 0 radical (unpaired) electrons. The van der Waals surface area contributed by atoms with Gasteiger partial charge in [-0.25, -0.2) is 9.97 Å². The Morgan fingerprint density at radius 1 is 1.00 bits per heavy atom. The molecule has 190 valence electrons. The quantitative estimate of drug-likeness (QED) is 0.549. The van der Waals surface area contributed by atoms with Crippen molar-refractivity contribution in [1.82, 2.24) is 29.5 Å². The van der Waals surface area contributed by atoms with Gasteiger partial charge in [0.2, 0.25) is 5.91 Å². The summed E-state index contributed by atoms with van der Waals surface area (Å²) in [5.74, 6) is 0.643. The Bertz CT molecular complexity index is 1240. The highest BCUT2D eigenvalue weighted by molar-refractivity contribution is 5.74. The fourth-order valence-electron chi connectivity index (χ4n) is 4.98. The van der Waals surface area contributed by atoms with Gasteiger partial charge in [-0.05, 0) is 5.56 Å². The minimum Gasteiger partial charge on any atom is -0.352 e. The van der Waals surface area contributed by atoms with E-state index in [-0.39, 0.29) is 24.6 Å². The predicted molar refractivity (Wildman–Crippen MR) is 128 cm³/mol. The van der Waals surface area contributed by atoms with Crippen molar-refractivity contribution in [2.45, 2.75) is 32.1 Å². The summed E-state index contributed by atoms with van der Waals surface area (Å²) in [6.07, 6.45) is -0.238. The molecule has 1 atom stereocenters. The Hall–Kier alpha value is -3.47. The Labute approximate surface area is 207 Å². The molecular formula is C25H28F3N7O. The number of hydrogen-bond acceptors (Lipinski definition) is 6. The van der Waals surface area contributed by atoms with Crippen LogP contribution in [0, 0.1) is 0 Å². The van der Waals surface area contributed by atoms with Crippen LogP contribution in [0.4, 0.5) is 19.0 Å². The number of benzene rings is 1. The highest BCUT2D eigenvalue weighted by atomic mass is 19.4. The van der Waals surface area contributed by atoms with E-state index < -0.39 is 12.2 Å². The van der Waals surface area contributed by atoms with E-state index in [2.05, 4.69) is 5.10 Å². The highest BCUT2D eigenvalue weighted by Gasteiger charge is 2.45. The molecule has 36 heavy (non-hydrogen) atoms. The number of piperazine rings is 1. The summed E-state index contributed by atoms with van der Waals surface area (Å²) in [6.45, 7) is 3.76. The van der Waals surface area contributed by atoms with Crippen LogP contribution in [0.5, 0.6) is 0 Å². The first-order valence-corrected chi connectivity index (χ1v) is 12.0. The second-order valence-corrected chi connectivity index (χ2v) is 9.26. The SMILES string of the molecule is CC(=O)N1CCc2nc(N3CCN(C(c4ccccc4)C(F)(F)F)CC3)c(-c3cnn(C)c3)nc2C1. The van der Waals surface area contributed by atoms with Crippen LogP contribution < -0.4 is 4.90 Å². The standard InChI is InChI=1S/C25H28F3N7O/c1-17(36)35-9-8-20-21(16-35)30-22(19-14-29-32(2)15-19)24(31-20)34-12-10-33(11-13-34)23(25(26,27)28)18-6-4-3-5-7-18/h3-7,14-15,23H,8-13,16H2,1-2H3. The van der Waals surface area contributed by atoms with Crippen molar-refractivity contribution >= 4 is 11.7 Å². The third kappa shape index (κ3) is 4.79. The van der Waals surface area contributed by atoms with Crippen molar-refractivity contribution in [3.8, 4) is 11.3 Å². The highest BCUT2D eigenvalue weighted by Crippen LogP contribution is 2.39. The zero-order valence-electron chi connectivity index (χ0n) is 20.2. The number of rotatable bonds is 4. The van der Waals surface area contributed by atoms with Gasteiger partial charge in [-0.1, -0.05) is 30.3 Å². The molecule has 1 saturated heterocycles. The molecule has 11 heteroatoms. The summed E-state index contributed by atoms with van der Waals surface area (Å²) in [5.41, 5.74) is 3.24. The van der Waals surface area contributed by atoms with Gasteiger partial charge in [0.15, 0.2) is 5.82 Å². The maximum absolute atomic E-state index is 14.1. The fraction of sp³-hybridized carbons (Fsp3) is 0.440. The van der Waals surface area contributed by atoms with Crippen LogP contribution in [0.2, 0.25) is 0 Å². The maximum atomic E-state index is 14.1. The Morgan fingerprint density at radius 3 is 2.33 bits per heavy atom. The number of halogens is 3. The first-order valence-electron chi connectivity index (χ1n) is 12.0. The van der Waals surface area contributed by atoms with Crippen molar-refractivity contribution in [3.63, 3.8) is 0 Å². The minimum absolute atomic E-state index is 0.0109. The lowest BCUT2D eigenvalue weighted by Crippen LogP contribution is -2.51. The number of alkyl halides is 3. The molecule has 1 amide bonds. The van der Waals surface area contributed by atoms with E-state index >= 15 is 0 Å². The molecule has 2 aliphatic heterocycles. The Kier molecular flexibility index (Phi) is 6.42. The lowest BCUT2D eigenvalue weighted by atomic mass is 10.0. The summed E-state index contributed by atoms with van der Waals surface area (Å²) in [4.78, 5) is 27.0. The number of aromatic nitrogens is 4. The predicted octanol–water partition coefficient (Wildman–Crippen LogP) is 3.21. The molecule has 5 rings (SSSR count). The first-order chi connectivity index (χ1) is 17.2. The smallest absolute Gasteiger partial charge is 0.352 e. The lowest BCUT2D eigenvalue weighted by molar-refractivity contribution is -0.187. The van der Waals surface area contributed by atoms with Crippen LogP contribution in [-0.4, -0.2) is 74.4 Å². The molecule has 0 aliphatic carbocycles. The third-order valence-corrected chi connectivity index (χ3v) is 6.82. The van der Waals surface area contributed by atoms with Crippen molar-refractivity contribution < 1.29 is 18.0 Å². The van der Waals surface area contributed by atoms with Crippen LogP contribution in [-0.2, 0) is 24.8 Å². The van der Waals surface area contributed by atoms with Crippen LogP contribution in [0.3, 0.4) is 0 Å². The van der Waals surface area contributed by atoms with Crippen LogP contribution in [0.25, 0.3) is 11.3 Å². The van der Waals surface area contributed by atoms with Crippen molar-refractivity contribution in [3.05, 3.63) is 59.7 Å². The van der Waals surface area contributed by atoms with E-state index in [0.717, 1.165) is 17.0 Å². The number of aryl methyl sites for hydroxylation is 1. The normalized spacial score (nSPS) is 17.7. The molecule has 4 heterocycles. The van der Waals surface area contributed by atoms with Gasteiger partial charge in [-0.15, -0.1) is 0 Å². The molecule has 3 aromatic rings. The summed E-state index contributed by atoms with van der Waals surface area (Å²) in [6, 6.07) is 6.42. The molecule has 2 aromatic heterocycles. The van der Waals surface area contributed by atoms with Crippen molar-refractivity contribution in [2.24, 2.45) is 7.05 Å². The third-order valence-electron chi connectivity index (χ3n) is 6.82. The average molecular weight is 500 g/mol. The molecule has 0 bridgehead atoms. The largest absolute Gasteiger partial charge is 0.408 e. The molecular weight excluding hydrogens is 471 g/mol. The van der Waals surface area contributed by atoms with Gasteiger partial charge in [0.1, 0.15) is 11.7 Å². The van der Waals surface area contributed by atoms with Gasteiger partial charge in [-0.2, -0.15) is 18.3 Å². The summed E-state index contributed by atoms with van der Waals surface area (Å²) in [7, 11) is 1.81. The minimum atomic E-state index is -4.38. The Morgan fingerprint density at radius 2 is 1.72 bits per heavy atom. The zero-order chi connectivity index (χ0) is 25.4. The van der Waals surface area contributed by atoms with E-state index in [1.807, 2.05) is 18.1 Å². The van der Waals surface area contributed by atoms with Gasteiger partial charge in [0.25, 0.3) is 0 Å². The second-order valence-electron chi connectivity index (χ2n) is 9.26. The van der Waals surface area contributed by atoms with Gasteiger partial charge in [0.05, 0.1) is 24.1 Å². The summed E-state index contributed by atoms with van der Waals surface area (Å²) >= 11 is 0. The van der Waals surface area contributed by atoms with Crippen molar-refractivity contribution in [1.29, 1.82) is 0 Å². The van der Waals surface area contributed by atoms with Crippen LogP contribution in [0.1, 0.15) is 29.9 Å². The van der Waals surface area contributed by atoms with Gasteiger partial charge >= 0.3 is 6.18 Å².